The molecule has 2 N–H and O–H groups in total. The molecule has 3 rings (SSSR count). The molecule has 0 radical (unpaired) electrons. The first-order chi connectivity index (χ1) is 19.1. The van der Waals surface area contributed by atoms with Gasteiger partial charge in [-0.25, -0.2) is 8.42 Å². The van der Waals surface area contributed by atoms with Crippen LogP contribution in [0.5, 0.6) is 5.75 Å². The summed E-state index contributed by atoms with van der Waals surface area (Å²) in [6, 6.07) is 7.54. The molecule has 2 aromatic rings. The number of nitrogens with zero attached hydrogens (tertiary/aromatic N) is 2. The Morgan fingerprint density at radius 3 is 2.70 bits per heavy atom. The maximum absolute atomic E-state index is 14.1. The molecule has 1 amide bonds. The molecule has 4 atom stereocenters. The summed E-state index contributed by atoms with van der Waals surface area (Å²) in [5.41, 5.74) is 0.522. The predicted molar refractivity (Wildman–Crippen MR) is 160 cm³/mol. The molecule has 0 saturated heterocycles. The van der Waals surface area contributed by atoms with E-state index in [1.807, 2.05) is 6.92 Å². The van der Waals surface area contributed by atoms with Crippen molar-refractivity contribution in [3.05, 3.63) is 41.3 Å². The summed E-state index contributed by atoms with van der Waals surface area (Å²) in [5.74, 6) is 0.0569. The Morgan fingerprint density at radius 2 is 2.02 bits per heavy atom. The van der Waals surface area contributed by atoms with Crippen LogP contribution in [0.25, 0.3) is 0 Å². The van der Waals surface area contributed by atoms with Crippen molar-refractivity contribution in [3.63, 3.8) is 0 Å². The van der Waals surface area contributed by atoms with Crippen LogP contribution in [0.15, 0.2) is 39.9 Å². The number of benzene rings is 1. The zero-order valence-electron chi connectivity index (χ0n) is 24.3. The summed E-state index contributed by atoms with van der Waals surface area (Å²) in [6.07, 6.45) is 3.41. The van der Waals surface area contributed by atoms with E-state index in [1.165, 1.54) is 12.1 Å². The normalized spacial score (nSPS) is 22.3. The molecule has 2 heterocycles. The minimum absolute atomic E-state index is 0.0102. The van der Waals surface area contributed by atoms with Crippen LogP contribution < -0.4 is 9.46 Å². The van der Waals surface area contributed by atoms with Gasteiger partial charge in [-0.1, -0.05) is 19.9 Å². The number of nitrogens with one attached hydrogen (secondary N) is 1. The van der Waals surface area contributed by atoms with Crippen LogP contribution in [-0.2, 0) is 14.8 Å². The topological polar surface area (TPSA) is 108 Å². The number of anilines is 1. The van der Waals surface area contributed by atoms with Crippen molar-refractivity contribution in [1.29, 1.82) is 0 Å². The zero-order chi connectivity index (χ0) is 29.3. The van der Waals surface area contributed by atoms with Crippen molar-refractivity contribution < 1.29 is 27.8 Å². The highest BCUT2D eigenvalue weighted by atomic mass is 32.2. The minimum atomic E-state index is -3.80. The van der Waals surface area contributed by atoms with Gasteiger partial charge >= 0.3 is 0 Å². The van der Waals surface area contributed by atoms with Crippen LogP contribution in [0.4, 0.5) is 5.69 Å². The molecule has 1 aliphatic rings. The summed E-state index contributed by atoms with van der Waals surface area (Å²) in [5, 5.41) is 11.8. The third-order valence-electron chi connectivity index (χ3n) is 7.16. The number of fused-ring (bicyclic) bond motifs is 1. The van der Waals surface area contributed by atoms with Gasteiger partial charge < -0.3 is 24.4 Å². The SMILES string of the molecule is CCCN(C)C[C@H]1OCCCC[C@@H](C)Oc2ccc(NS(=O)(=O)c3cccs3)cc2C(=O)N([C@H](C)CO)C[C@@H]1C. The lowest BCUT2D eigenvalue weighted by Crippen LogP contribution is -2.47. The Kier molecular flexibility index (Phi) is 12.3. The van der Waals surface area contributed by atoms with Crippen LogP contribution in [0.3, 0.4) is 0 Å². The number of ether oxygens (including phenoxy) is 2. The van der Waals surface area contributed by atoms with E-state index in [1.54, 1.807) is 35.4 Å². The van der Waals surface area contributed by atoms with Crippen molar-refractivity contribution >= 4 is 33.0 Å². The van der Waals surface area contributed by atoms with Crippen molar-refractivity contribution in [2.45, 2.75) is 75.8 Å². The fourth-order valence-corrected chi connectivity index (χ4v) is 6.89. The fraction of sp³-hybridized carbons (Fsp3) is 0.621. The highest BCUT2D eigenvalue weighted by molar-refractivity contribution is 7.94. The molecule has 0 unspecified atom stereocenters. The van der Waals surface area contributed by atoms with Gasteiger partial charge in [0.2, 0.25) is 0 Å². The van der Waals surface area contributed by atoms with Gasteiger partial charge in [-0.3, -0.25) is 9.52 Å². The average Bonchev–Trinajstić information content (AvgIpc) is 3.47. The molecular weight excluding hydrogens is 550 g/mol. The van der Waals surface area contributed by atoms with E-state index >= 15 is 0 Å². The minimum Gasteiger partial charge on any atom is -0.490 e. The Hall–Kier alpha value is -2.18. The summed E-state index contributed by atoms with van der Waals surface area (Å²) in [4.78, 5) is 18.0. The van der Waals surface area contributed by atoms with Crippen LogP contribution >= 0.6 is 11.3 Å². The Balaban J connectivity index is 1.99. The third kappa shape index (κ3) is 8.91. The van der Waals surface area contributed by atoms with Crippen molar-refractivity contribution in [2.75, 3.05) is 44.6 Å². The summed E-state index contributed by atoms with van der Waals surface area (Å²) < 4.78 is 41.2. The lowest BCUT2D eigenvalue weighted by atomic mass is 10.0. The van der Waals surface area contributed by atoms with Crippen LogP contribution in [0.2, 0.25) is 0 Å². The molecule has 0 aliphatic carbocycles. The van der Waals surface area contributed by atoms with E-state index in [-0.39, 0.29) is 46.1 Å². The molecule has 1 aliphatic heterocycles. The molecule has 40 heavy (non-hydrogen) atoms. The number of carbonyl (C=O) groups excluding carboxylic acids is 1. The van der Waals surface area contributed by atoms with Crippen LogP contribution in [0, 0.1) is 5.92 Å². The highest BCUT2D eigenvalue weighted by Gasteiger charge is 2.30. The predicted octanol–water partition coefficient (Wildman–Crippen LogP) is 4.69. The number of amides is 1. The number of sulfonamides is 1. The number of hydrogen-bond acceptors (Lipinski definition) is 8. The van der Waals surface area contributed by atoms with E-state index in [4.69, 9.17) is 9.47 Å². The second-order valence-electron chi connectivity index (χ2n) is 10.8. The summed E-state index contributed by atoms with van der Waals surface area (Å²) in [7, 11) is -1.72. The van der Waals surface area contributed by atoms with Crippen molar-refractivity contribution in [1.82, 2.24) is 9.80 Å². The highest BCUT2D eigenvalue weighted by Crippen LogP contribution is 2.30. The van der Waals surface area contributed by atoms with Gasteiger partial charge in [0, 0.05) is 31.3 Å². The molecule has 0 spiro atoms. The van der Waals surface area contributed by atoms with Gasteiger partial charge in [0.25, 0.3) is 15.9 Å². The fourth-order valence-electron chi connectivity index (χ4n) is 4.85. The van der Waals surface area contributed by atoms with Gasteiger partial charge in [-0.2, -0.15) is 0 Å². The number of thiophene rings is 1. The number of hydrogen-bond donors (Lipinski definition) is 2. The first-order valence-corrected chi connectivity index (χ1v) is 16.5. The van der Waals surface area contributed by atoms with E-state index < -0.39 is 16.1 Å². The first kappa shape index (κ1) is 32.3. The Bertz CT molecular complexity index is 1170. The number of aliphatic hydroxyl groups is 1. The number of carbonyl (C=O) groups is 1. The Morgan fingerprint density at radius 1 is 1.25 bits per heavy atom. The second-order valence-corrected chi connectivity index (χ2v) is 13.7. The van der Waals surface area contributed by atoms with E-state index in [2.05, 4.69) is 30.5 Å². The lowest BCUT2D eigenvalue weighted by Gasteiger charge is -2.35. The largest absolute Gasteiger partial charge is 0.490 e. The zero-order valence-corrected chi connectivity index (χ0v) is 26.0. The Labute approximate surface area is 243 Å². The number of rotatable bonds is 9. The second kappa shape index (κ2) is 15.2. The molecular formula is C29H45N3O6S2. The monoisotopic (exact) mass is 595 g/mol. The quantitative estimate of drug-likeness (QED) is 0.433. The maximum atomic E-state index is 14.1. The molecule has 1 aromatic heterocycles. The van der Waals surface area contributed by atoms with Gasteiger partial charge in [0.1, 0.15) is 9.96 Å². The first-order valence-electron chi connectivity index (χ1n) is 14.1. The maximum Gasteiger partial charge on any atom is 0.271 e. The van der Waals surface area contributed by atoms with Crippen LogP contribution in [-0.4, -0.2) is 87.4 Å². The lowest BCUT2D eigenvalue weighted by molar-refractivity contribution is -0.0167. The van der Waals surface area contributed by atoms with Gasteiger partial charge in [-0.05, 0) is 82.8 Å². The molecule has 224 valence electrons. The summed E-state index contributed by atoms with van der Waals surface area (Å²) >= 11 is 1.12. The van der Waals surface area contributed by atoms with Gasteiger partial charge in [0.15, 0.2) is 0 Å². The van der Waals surface area contributed by atoms with Crippen molar-refractivity contribution in [2.24, 2.45) is 5.92 Å². The molecule has 0 fully saturated rings. The molecule has 0 bridgehead atoms. The molecule has 0 saturated carbocycles. The smallest absolute Gasteiger partial charge is 0.271 e. The average molecular weight is 596 g/mol. The molecule has 11 heteroatoms. The molecule has 1 aromatic carbocycles. The third-order valence-corrected chi connectivity index (χ3v) is 9.94. The van der Waals surface area contributed by atoms with E-state index in [0.29, 0.717) is 18.9 Å². The number of likely N-dealkylation sites (N-methyl/N-ethyl adjacent to an activating group) is 1. The standard InChI is InChI=1S/C29H45N3O6S2/c1-6-14-31(5)19-27-21(2)18-32(22(3)20-33)29(34)25-17-24(30-40(35,36)28-11-9-16-39-28)12-13-26(25)38-23(4)10-7-8-15-37-27/h9,11-13,16-17,21-23,27,30,33H,6-8,10,14-15,18-20H2,1-5H3/t21-,22+,23+,27+/m0/s1. The van der Waals surface area contributed by atoms with E-state index in [0.717, 1.165) is 50.1 Å². The van der Waals surface area contributed by atoms with Crippen LogP contribution in [0.1, 0.15) is 63.7 Å². The van der Waals surface area contributed by atoms with E-state index in [9.17, 15) is 18.3 Å². The summed E-state index contributed by atoms with van der Waals surface area (Å²) in [6.45, 7) is 10.5. The van der Waals surface area contributed by atoms with Crippen molar-refractivity contribution in [3.8, 4) is 5.75 Å². The number of aliphatic hydroxyl groups excluding tert-OH is 1. The van der Waals surface area contributed by atoms with Gasteiger partial charge in [-0.15, -0.1) is 11.3 Å². The van der Waals surface area contributed by atoms with Gasteiger partial charge in [0.05, 0.1) is 30.4 Å². The molecule has 9 nitrogen and oxygen atoms in total.